The lowest BCUT2D eigenvalue weighted by atomic mass is 9.82. The van der Waals surface area contributed by atoms with Crippen LogP contribution in [0.5, 0.6) is 0 Å². The maximum absolute atomic E-state index is 13.0. The third-order valence-electron chi connectivity index (χ3n) is 5.45. The van der Waals surface area contributed by atoms with Gasteiger partial charge in [-0.1, -0.05) is 24.3 Å². The molecule has 0 radical (unpaired) electrons. The monoisotopic (exact) mass is 475 g/mol. The normalized spacial score (nSPS) is 12.4. The molecule has 1 aliphatic carbocycles. The van der Waals surface area contributed by atoms with Crippen molar-refractivity contribution in [1.82, 2.24) is 9.38 Å². The quantitative estimate of drug-likeness (QED) is 0.220. The summed E-state index contributed by atoms with van der Waals surface area (Å²) in [6.07, 6.45) is 0. The molecule has 2 aromatic heterocycles. The summed E-state index contributed by atoms with van der Waals surface area (Å²) in [4.78, 5) is 66.7. The van der Waals surface area contributed by atoms with E-state index < -0.39 is 45.9 Å². The number of rotatable bonds is 4. The lowest BCUT2D eigenvalue weighted by Crippen LogP contribution is -2.24. The van der Waals surface area contributed by atoms with Crippen molar-refractivity contribution in [2.24, 2.45) is 0 Å². The van der Waals surface area contributed by atoms with Gasteiger partial charge in [-0.15, -0.1) is 11.3 Å². The SMILES string of the molecule is Cc1csc2nc(COC(=O)c3ccc4c(c3[N+](=O)[O-])C(=O)c3ccccc3C4=O)cc(=O)n12. The molecule has 0 spiro atoms. The average molecular weight is 475 g/mol. The van der Waals surface area contributed by atoms with Crippen LogP contribution in [-0.4, -0.2) is 31.8 Å². The molecule has 5 rings (SSSR count). The molecule has 0 atom stereocenters. The fourth-order valence-electron chi connectivity index (χ4n) is 3.92. The van der Waals surface area contributed by atoms with Gasteiger partial charge in [-0.25, -0.2) is 9.78 Å². The molecule has 11 heteroatoms. The van der Waals surface area contributed by atoms with E-state index in [1.807, 2.05) is 0 Å². The highest BCUT2D eigenvalue weighted by Gasteiger charge is 2.39. The number of thiazole rings is 1. The number of benzene rings is 2. The molecule has 0 fully saturated rings. The molecule has 168 valence electrons. The molecule has 0 saturated heterocycles. The van der Waals surface area contributed by atoms with Gasteiger partial charge in [0, 0.05) is 33.8 Å². The van der Waals surface area contributed by atoms with Crippen molar-refractivity contribution in [1.29, 1.82) is 0 Å². The van der Waals surface area contributed by atoms with Crippen LogP contribution in [0.4, 0.5) is 5.69 Å². The zero-order chi connectivity index (χ0) is 24.1. The molecule has 10 nitrogen and oxygen atoms in total. The number of carbonyl (C=O) groups is 3. The molecular formula is C23H13N3O7S. The van der Waals surface area contributed by atoms with E-state index in [2.05, 4.69) is 4.98 Å². The minimum atomic E-state index is -1.09. The highest BCUT2D eigenvalue weighted by atomic mass is 32.1. The van der Waals surface area contributed by atoms with Crippen LogP contribution in [0, 0.1) is 17.0 Å². The standard InChI is InChI=1S/C23H13N3O7S/c1-11-10-34-23-24-12(8-17(27)25(11)23)9-33-22(30)16-7-6-15-18(19(16)26(31)32)21(29)14-5-3-2-4-13(14)20(15)28/h2-8,10H,9H2,1H3. The van der Waals surface area contributed by atoms with Gasteiger partial charge < -0.3 is 4.74 Å². The number of hydrogen-bond acceptors (Lipinski definition) is 9. The smallest absolute Gasteiger partial charge is 0.345 e. The first-order valence-electron chi connectivity index (χ1n) is 9.91. The zero-order valence-corrected chi connectivity index (χ0v) is 18.3. The summed E-state index contributed by atoms with van der Waals surface area (Å²) in [5.74, 6) is -2.35. The van der Waals surface area contributed by atoms with E-state index in [9.17, 15) is 29.3 Å². The van der Waals surface area contributed by atoms with Crippen LogP contribution in [0.3, 0.4) is 0 Å². The fourth-order valence-corrected chi connectivity index (χ4v) is 4.81. The van der Waals surface area contributed by atoms with Gasteiger partial charge in [0.2, 0.25) is 5.78 Å². The molecule has 2 heterocycles. The minimum absolute atomic E-state index is 0.0258. The first kappa shape index (κ1) is 21.3. The molecular weight excluding hydrogens is 462 g/mol. The number of aromatic nitrogens is 2. The van der Waals surface area contributed by atoms with Crippen molar-refractivity contribution in [3.05, 3.63) is 108 Å². The van der Waals surface area contributed by atoms with Crippen molar-refractivity contribution in [2.75, 3.05) is 0 Å². The summed E-state index contributed by atoms with van der Waals surface area (Å²) in [6.45, 7) is 1.34. The highest BCUT2D eigenvalue weighted by molar-refractivity contribution is 7.15. The van der Waals surface area contributed by atoms with Gasteiger partial charge in [-0.05, 0) is 19.1 Å². The molecule has 1 aliphatic rings. The lowest BCUT2D eigenvalue weighted by Gasteiger charge is -2.18. The van der Waals surface area contributed by atoms with Crippen LogP contribution in [0.2, 0.25) is 0 Å². The van der Waals surface area contributed by atoms with E-state index in [-0.39, 0.29) is 27.9 Å². The van der Waals surface area contributed by atoms with Crippen LogP contribution in [0.15, 0.2) is 52.6 Å². The number of hydrogen-bond donors (Lipinski definition) is 0. The molecule has 34 heavy (non-hydrogen) atoms. The van der Waals surface area contributed by atoms with E-state index in [0.29, 0.717) is 10.7 Å². The molecule has 2 aromatic carbocycles. The van der Waals surface area contributed by atoms with Crippen LogP contribution >= 0.6 is 11.3 Å². The van der Waals surface area contributed by atoms with Crippen LogP contribution in [0.1, 0.15) is 53.6 Å². The molecule has 0 N–H and O–H groups in total. The number of nitrogens with zero attached hydrogens (tertiary/aromatic N) is 3. The summed E-state index contributed by atoms with van der Waals surface area (Å²) in [7, 11) is 0. The Bertz CT molecular complexity index is 1630. The summed E-state index contributed by atoms with van der Waals surface area (Å²) in [5, 5.41) is 13.7. The Morgan fingerprint density at radius 1 is 1.09 bits per heavy atom. The molecule has 0 amide bonds. The lowest BCUT2D eigenvalue weighted by molar-refractivity contribution is -0.385. The Morgan fingerprint density at radius 3 is 2.50 bits per heavy atom. The number of carbonyl (C=O) groups excluding carboxylic acids is 3. The maximum Gasteiger partial charge on any atom is 0.345 e. The second kappa shape index (κ2) is 7.81. The van der Waals surface area contributed by atoms with E-state index in [1.54, 1.807) is 24.4 Å². The molecule has 0 unspecified atom stereocenters. The Hall–Kier alpha value is -4.51. The van der Waals surface area contributed by atoms with Gasteiger partial charge >= 0.3 is 5.97 Å². The van der Waals surface area contributed by atoms with Crippen LogP contribution < -0.4 is 5.56 Å². The summed E-state index contributed by atoms with van der Waals surface area (Å²) in [6, 6.07) is 9.51. The predicted molar refractivity (Wildman–Crippen MR) is 120 cm³/mol. The van der Waals surface area contributed by atoms with Crippen molar-refractivity contribution in [3.8, 4) is 0 Å². The third-order valence-corrected chi connectivity index (χ3v) is 6.39. The Labute approximate surface area is 194 Å². The minimum Gasteiger partial charge on any atom is -0.455 e. The van der Waals surface area contributed by atoms with Gasteiger partial charge in [-0.2, -0.15) is 0 Å². The topological polar surface area (TPSA) is 138 Å². The van der Waals surface area contributed by atoms with Gasteiger partial charge in [0.15, 0.2) is 10.7 Å². The molecule has 0 saturated carbocycles. The fraction of sp³-hybridized carbons (Fsp3) is 0.0870. The Kier molecular flexibility index (Phi) is 4.91. The third kappa shape index (κ3) is 3.21. The number of fused-ring (bicyclic) bond motifs is 3. The van der Waals surface area contributed by atoms with Gasteiger partial charge in [0.1, 0.15) is 17.7 Å². The number of aryl methyl sites for hydroxylation is 1. The zero-order valence-electron chi connectivity index (χ0n) is 17.4. The van der Waals surface area contributed by atoms with Crippen LogP contribution in [-0.2, 0) is 11.3 Å². The number of ketones is 2. The molecule has 4 aromatic rings. The number of ether oxygens (including phenoxy) is 1. The maximum atomic E-state index is 13.0. The second-order valence-electron chi connectivity index (χ2n) is 7.50. The molecule has 0 bridgehead atoms. The Balaban J connectivity index is 1.51. The van der Waals surface area contributed by atoms with Gasteiger partial charge in [-0.3, -0.25) is 28.9 Å². The molecule has 0 aliphatic heterocycles. The van der Waals surface area contributed by atoms with Crippen LogP contribution in [0.25, 0.3) is 4.96 Å². The summed E-state index contributed by atoms with van der Waals surface area (Å²) in [5.41, 5.74) is -1.18. The number of nitro groups is 1. The summed E-state index contributed by atoms with van der Waals surface area (Å²) < 4.78 is 6.60. The van der Waals surface area contributed by atoms with Crippen molar-refractivity contribution in [2.45, 2.75) is 13.5 Å². The number of esters is 1. The summed E-state index contributed by atoms with van der Waals surface area (Å²) >= 11 is 1.24. The largest absolute Gasteiger partial charge is 0.455 e. The van der Waals surface area contributed by atoms with Crippen molar-refractivity contribution in [3.63, 3.8) is 0 Å². The average Bonchev–Trinajstić information content (AvgIpc) is 3.21. The number of nitro benzene ring substituents is 1. The second-order valence-corrected chi connectivity index (χ2v) is 8.34. The first-order valence-corrected chi connectivity index (χ1v) is 10.8. The van der Waals surface area contributed by atoms with E-state index in [0.717, 1.165) is 6.07 Å². The van der Waals surface area contributed by atoms with Gasteiger partial charge in [0.25, 0.3) is 11.2 Å². The Morgan fingerprint density at radius 2 is 1.79 bits per heavy atom. The van der Waals surface area contributed by atoms with Crippen molar-refractivity contribution >= 4 is 39.5 Å². The van der Waals surface area contributed by atoms with Crippen molar-refractivity contribution < 1.29 is 24.0 Å². The predicted octanol–water partition coefficient (Wildman–Crippen LogP) is 3.11. The first-order chi connectivity index (χ1) is 16.3. The van der Waals surface area contributed by atoms with E-state index in [1.165, 1.54) is 40.0 Å². The van der Waals surface area contributed by atoms with E-state index >= 15 is 0 Å². The van der Waals surface area contributed by atoms with E-state index in [4.69, 9.17) is 4.74 Å². The van der Waals surface area contributed by atoms with Gasteiger partial charge in [0.05, 0.1) is 10.6 Å². The highest BCUT2D eigenvalue weighted by Crippen LogP contribution is 2.35.